The van der Waals surface area contributed by atoms with Crippen molar-refractivity contribution >= 4 is 46.8 Å². The predicted molar refractivity (Wildman–Crippen MR) is 97.0 cm³/mol. The van der Waals surface area contributed by atoms with Crippen molar-refractivity contribution in [2.75, 3.05) is 7.05 Å². The molecule has 0 saturated carbocycles. The number of aryl methyl sites for hydroxylation is 1. The maximum absolute atomic E-state index is 12.3. The van der Waals surface area contributed by atoms with Crippen LogP contribution in [0.2, 0.25) is 5.02 Å². The molecule has 0 atom stereocenters. The number of likely N-dealkylation sites (N-methyl/N-ethyl adjacent to an activating group) is 1. The number of halogens is 1. The molecule has 1 aromatic carbocycles. The summed E-state index contributed by atoms with van der Waals surface area (Å²) in [5.74, 6) is -0.934. The summed E-state index contributed by atoms with van der Waals surface area (Å²) in [6, 6.07) is 9.32. The van der Waals surface area contributed by atoms with Crippen molar-refractivity contribution in [1.82, 2.24) is 14.8 Å². The molecule has 1 aliphatic rings. The SMILES string of the molecule is Cc1ccc(-n2cccc2C=C2C(=O)NC(=S)N(C)C2=O)cc1Cl. The van der Waals surface area contributed by atoms with E-state index >= 15 is 0 Å². The van der Waals surface area contributed by atoms with Crippen LogP contribution in [0.4, 0.5) is 0 Å². The first-order valence-electron chi connectivity index (χ1n) is 7.17. The number of thiocarbonyl (C=S) groups is 1. The van der Waals surface area contributed by atoms with E-state index < -0.39 is 11.8 Å². The lowest BCUT2D eigenvalue weighted by molar-refractivity contribution is -0.128. The van der Waals surface area contributed by atoms with E-state index in [4.69, 9.17) is 23.8 Å². The molecule has 1 aliphatic heterocycles. The van der Waals surface area contributed by atoms with Crippen molar-refractivity contribution < 1.29 is 9.59 Å². The minimum atomic E-state index is -0.502. The number of benzene rings is 1. The lowest BCUT2D eigenvalue weighted by Crippen LogP contribution is -2.52. The van der Waals surface area contributed by atoms with Gasteiger partial charge in [-0.25, -0.2) is 0 Å². The summed E-state index contributed by atoms with van der Waals surface area (Å²) >= 11 is 11.1. The number of amides is 2. The molecule has 2 amide bonds. The van der Waals surface area contributed by atoms with Gasteiger partial charge in [-0.15, -0.1) is 0 Å². The average Bonchev–Trinajstić information content (AvgIpc) is 3.00. The first-order chi connectivity index (χ1) is 11.4. The third-order valence-corrected chi connectivity index (χ3v) is 4.59. The van der Waals surface area contributed by atoms with Gasteiger partial charge in [-0.3, -0.25) is 19.8 Å². The molecule has 24 heavy (non-hydrogen) atoms. The summed E-state index contributed by atoms with van der Waals surface area (Å²) in [6.07, 6.45) is 3.39. The normalized spacial score (nSPS) is 16.7. The van der Waals surface area contributed by atoms with Gasteiger partial charge in [0, 0.05) is 29.6 Å². The van der Waals surface area contributed by atoms with E-state index in [-0.39, 0.29) is 10.7 Å². The van der Waals surface area contributed by atoms with Crippen molar-refractivity contribution in [3.63, 3.8) is 0 Å². The third kappa shape index (κ3) is 2.86. The highest BCUT2D eigenvalue weighted by molar-refractivity contribution is 7.80. The molecule has 0 aliphatic carbocycles. The second-order valence-electron chi connectivity index (χ2n) is 5.42. The lowest BCUT2D eigenvalue weighted by Gasteiger charge is -2.25. The molecular weight excluding hydrogens is 346 g/mol. The van der Waals surface area contributed by atoms with E-state index in [9.17, 15) is 9.59 Å². The summed E-state index contributed by atoms with van der Waals surface area (Å²) in [6.45, 7) is 1.93. The third-order valence-electron chi connectivity index (χ3n) is 3.81. The minimum Gasteiger partial charge on any atom is -0.317 e. The zero-order valence-electron chi connectivity index (χ0n) is 13.0. The van der Waals surface area contributed by atoms with Crippen LogP contribution >= 0.6 is 23.8 Å². The Bertz CT molecular complexity index is 901. The number of carbonyl (C=O) groups excluding carboxylic acids is 2. The molecule has 1 fully saturated rings. The largest absolute Gasteiger partial charge is 0.317 e. The molecule has 0 spiro atoms. The van der Waals surface area contributed by atoms with Crippen molar-refractivity contribution in [2.45, 2.75) is 6.92 Å². The topological polar surface area (TPSA) is 54.3 Å². The molecule has 7 heteroatoms. The molecule has 3 rings (SSSR count). The summed E-state index contributed by atoms with van der Waals surface area (Å²) in [7, 11) is 1.52. The van der Waals surface area contributed by atoms with Crippen LogP contribution in [0.5, 0.6) is 0 Å². The Morgan fingerprint density at radius 2 is 2.00 bits per heavy atom. The number of nitrogens with one attached hydrogen (secondary N) is 1. The Balaban J connectivity index is 2.04. The Labute approximate surface area is 149 Å². The van der Waals surface area contributed by atoms with Crippen LogP contribution < -0.4 is 5.32 Å². The minimum absolute atomic E-state index is 0.0317. The number of rotatable bonds is 2. The van der Waals surface area contributed by atoms with Crippen molar-refractivity contribution in [1.29, 1.82) is 0 Å². The fourth-order valence-electron chi connectivity index (χ4n) is 2.37. The molecule has 2 heterocycles. The molecule has 122 valence electrons. The Morgan fingerprint density at radius 1 is 1.25 bits per heavy atom. The molecule has 2 aromatic rings. The molecule has 1 saturated heterocycles. The van der Waals surface area contributed by atoms with E-state index in [0.717, 1.165) is 11.3 Å². The summed E-state index contributed by atoms with van der Waals surface area (Å²) in [4.78, 5) is 25.6. The molecule has 5 nitrogen and oxygen atoms in total. The second kappa shape index (κ2) is 6.22. The quantitative estimate of drug-likeness (QED) is 0.509. The summed E-state index contributed by atoms with van der Waals surface area (Å²) in [5, 5.41) is 3.25. The number of hydrogen-bond acceptors (Lipinski definition) is 3. The van der Waals surface area contributed by atoms with Crippen LogP contribution in [0.1, 0.15) is 11.3 Å². The standard InChI is InChI=1S/C17H14ClN3O2S/c1-10-5-6-12(9-14(10)18)21-7-3-4-11(21)8-13-15(22)19-17(24)20(2)16(13)23/h3-9H,1-2H3,(H,19,22,24). The van der Waals surface area contributed by atoms with Gasteiger partial charge in [0.05, 0.1) is 0 Å². The van der Waals surface area contributed by atoms with Gasteiger partial charge in [0.1, 0.15) is 5.57 Å². The summed E-state index contributed by atoms with van der Waals surface area (Å²) in [5.41, 5.74) is 2.54. The zero-order valence-corrected chi connectivity index (χ0v) is 14.6. The van der Waals surface area contributed by atoms with Gasteiger partial charge in [0.15, 0.2) is 5.11 Å². The average molecular weight is 360 g/mol. The second-order valence-corrected chi connectivity index (χ2v) is 6.21. The lowest BCUT2D eigenvalue weighted by atomic mass is 10.1. The number of aromatic nitrogens is 1. The van der Waals surface area contributed by atoms with Gasteiger partial charge in [-0.05, 0) is 55.0 Å². The first kappa shape index (κ1) is 16.4. The molecule has 1 aromatic heterocycles. The van der Waals surface area contributed by atoms with Crippen LogP contribution in [0.25, 0.3) is 11.8 Å². The zero-order chi connectivity index (χ0) is 17.4. The smallest absolute Gasteiger partial charge is 0.265 e. The van der Waals surface area contributed by atoms with Crippen molar-refractivity contribution in [2.24, 2.45) is 0 Å². The molecule has 1 N–H and O–H groups in total. The van der Waals surface area contributed by atoms with Crippen LogP contribution in [0, 0.1) is 6.92 Å². The van der Waals surface area contributed by atoms with Gasteiger partial charge in [0.2, 0.25) is 0 Å². The van der Waals surface area contributed by atoms with Crippen LogP contribution in [0.3, 0.4) is 0 Å². The molecule has 0 unspecified atom stereocenters. The highest BCUT2D eigenvalue weighted by Gasteiger charge is 2.31. The molecular formula is C17H14ClN3O2S. The van der Waals surface area contributed by atoms with E-state index in [1.165, 1.54) is 11.9 Å². The Morgan fingerprint density at radius 3 is 2.71 bits per heavy atom. The molecule has 0 radical (unpaired) electrons. The maximum atomic E-state index is 12.3. The van der Waals surface area contributed by atoms with Gasteiger partial charge >= 0.3 is 0 Å². The van der Waals surface area contributed by atoms with Crippen molar-refractivity contribution in [3.8, 4) is 5.69 Å². The Kier molecular flexibility index (Phi) is 4.26. The van der Waals surface area contributed by atoms with Gasteiger partial charge in [0.25, 0.3) is 11.8 Å². The van der Waals surface area contributed by atoms with Crippen LogP contribution in [0.15, 0.2) is 42.1 Å². The number of hydrogen-bond donors (Lipinski definition) is 1. The highest BCUT2D eigenvalue weighted by atomic mass is 35.5. The predicted octanol–water partition coefficient (Wildman–Crippen LogP) is 2.70. The van der Waals surface area contributed by atoms with E-state index in [1.807, 2.05) is 48.0 Å². The van der Waals surface area contributed by atoms with Crippen LogP contribution in [-0.4, -0.2) is 33.4 Å². The van der Waals surface area contributed by atoms with E-state index in [1.54, 1.807) is 6.08 Å². The monoisotopic (exact) mass is 359 g/mol. The maximum Gasteiger partial charge on any atom is 0.265 e. The summed E-state index contributed by atoms with van der Waals surface area (Å²) < 4.78 is 1.85. The van der Waals surface area contributed by atoms with Gasteiger partial charge in [-0.2, -0.15) is 0 Å². The van der Waals surface area contributed by atoms with Crippen molar-refractivity contribution in [3.05, 3.63) is 58.4 Å². The van der Waals surface area contributed by atoms with Gasteiger partial charge < -0.3 is 4.57 Å². The van der Waals surface area contributed by atoms with Gasteiger partial charge in [-0.1, -0.05) is 17.7 Å². The highest BCUT2D eigenvalue weighted by Crippen LogP contribution is 2.22. The Hall–Kier alpha value is -2.44. The van der Waals surface area contributed by atoms with E-state index in [0.29, 0.717) is 10.7 Å². The van der Waals surface area contributed by atoms with E-state index in [2.05, 4.69) is 5.32 Å². The number of carbonyl (C=O) groups is 2. The molecule has 0 bridgehead atoms. The first-order valence-corrected chi connectivity index (χ1v) is 7.96. The van der Waals surface area contributed by atoms with Crippen LogP contribution in [-0.2, 0) is 9.59 Å². The fourth-order valence-corrected chi connectivity index (χ4v) is 2.72. The fraction of sp³-hybridized carbons (Fsp3) is 0.118. The number of nitrogens with zero attached hydrogens (tertiary/aromatic N) is 2.